The predicted molar refractivity (Wildman–Crippen MR) is 105 cm³/mol. The number of imidazole rings is 1. The lowest BCUT2D eigenvalue weighted by Gasteiger charge is -2.27. The molecular formula is C21H17ClF3N3O2. The summed E-state index contributed by atoms with van der Waals surface area (Å²) in [7, 11) is 0. The molecule has 5 nitrogen and oxygen atoms in total. The molecule has 0 spiro atoms. The first-order valence-electron chi connectivity index (χ1n) is 9.61. The molecule has 156 valence electrons. The van der Waals surface area contributed by atoms with E-state index < -0.39 is 28.9 Å². The number of hydrogen-bond acceptors (Lipinski definition) is 3. The molecule has 0 radical (unpaired) electrons. The molecule has 2 aromatic carbocycles. The molecular weight excluding hydrogens is 419 g/mol. The fourth-order valence-electron chi connectivity index (χ4n) is 4.31. The molecule has 0 aliphatic carbocycles. The average molecular weight is 436 g/mol. The van der Waals surface area contributed by atoms with Gasteiger partial charge in [0.15, 0.2) is 0 Å². The first-order chi connectivity index (χ1) is 14.4. The molecule has 0 N–H and O–H groups in total. The molecule has 30 heavy (non-hydrogen) atoms. The minimum absolute atomic E-state index is 0.0261. The summed E-state index contributed by atoms with van der Waals surface area (Å²) in [5, 5.41) is 0.492. The molecule has 2 aliphatic rings. The van der Waals surface area contributed by atoms with Gasteiger partial charge in [-0.3, -0.25) is 9.69 Å². The highest BCUT2D eigenvalue weighted by molar-refractivity contribution is 6.31. The topological polar surface area (TPSA) is 47.4 Å². The Morgan fingerprint density at radius 1 is 1.20 bits per heavy atom. The standard InChI is InChI=1S/C21H17ClF3N3O2/c22-12-4-5-17-16(10-12)26-18(28(17)13-6-8-30-9-7-13)11-27-19-14(2-1-3-15(19)23)21(24,25)20(27)29/h1-5,10,13H,6-9,11H2. The molecule has 9 heteroatoms. The molecule has 5 rings (SSSR count). The van der Waals surface area contributed by atoms with E-state index in [9.17, 15) is 18.0 Å². The van der Waals surface area contributed by atoms with Gasteiger partial charge in [0.1, 0.15) is 11.6 Å². The number of fused-ring (bicyclic) bond motifs is 2. The lowest BCUT2D eigenvalue weighted by molar-refractivity contribution is -0.141. The number of alkyl halides is 2. The smallest absolute Gasteiger partial charge is 0.352 e. The van der Waals surface area contributed by atoms with Crippen LogP contribution in [-0.4, -0.2) is 28.7 Å². The van der Waals surface area contributed by atoms with E-state index in [1.54, 1.807) is 12.1 Å². The van der Waals surface area contributed by atoms with Crippen LogP contribution in [0.4, 0.5) is 18.9 Å². The van der Waals surface area contributed by atoms with E-state index in [-0.39, 0.29) is 12.6 Å². The number of ether oxygens (including phenoxy) is 1. The summed E-state index contributed by atoms with van der Waals surface area (Å²) in [5.41, 5.74) is 0.366. The van der Waals surface area contributed by atoms with Crippen molar-refractivity contribution in [2.75, 3.05) is 18.1 Å². The van der Waals surface area contributed by atoms with Crippen LogP contribution in [0.1, 0.15) is 30.3 Å². The van der Waals surface area contributed by atoms with Crippen LogP contribution in [0, 0.1) is 5.82 Å². The lowest BCUT2D eigenvalue weighted by Crippen LogP contribution is -2.35. The zero-order chi connectivity index (χ0) is 21.0. The maximum Gasteiger partial charge on any atom is 0.352 e. The van der Waals surface area contributed by atoms with Crippen LogP contribution in [-0.2, 0) is 22.0 Å². The van der Waals surface area contributed by atoms with Crippen molar-refractivity contribution in [2.24, 2.45) is 0 Å². The monoisotopic (exact) mass is 435 g/mol. The van der Waals surface area contributed by atoms with Crippen molar-refractivity contribution in [1.29, 1.82) is 0 Å². The minimum Gasteiger partial charge on any atom is -0.381 e. The highest BCUT2D eigenvalue weighted by atomic mass is 35.5. The van der Waals surface area contributed by atoms with Crippen molar-refractivity contribution in [1.82, 2.24) is 9.55 Å². The summed E-state index contributed by atoms with van der Waals surface area (Å²) in [6.07, 6.45) is 1.44. The van der Waals surface area contributed by atoms with E-state index in [0.717, 1.165) is 35.4 Å². The normalized spacial score (nSPS) is 18.9. The number of carbonyl (C=O) groups excluding carboxylic acids is 1. The van der Waals surface area contributed by atoms with E-state index in [1.807, 2.05) is 10.6 Å². The average Bonchev–Trinajstić information content (AvgIpc) is 3.17. The van der Waals surface area contributed by atoms with Crippen molar-refractivity contribution >= 4 is 34.2 Å². The molecule has 2 aliphatic heterocycles. The first kappa shape index (κ1) is 19.4. The van der Waals surface area contributed by atoms with Gasteiger partial charge < -0.3 is 9.30 Å². The van der Waals surface area contributed by atoms with Gasteiger partial charge >= 0.3 is 11.8 Å². The van der Waals surface area contributed by atoms with Crippen LogP contribution in [0.2, 0.25) is 5.02 Å². The zero-order valence-corrected chi connectivity index (χ0v) is 16.5. The van der Waals surface area contributed by atoms with E-state index >= 15 is 0 Å². The summed E-state index contributed by atoms with van der Waals surface area (Å²) in [5.74, 6) is -5.70. The molecule has 1 fully saturated rings. The summed E-state index contributed by atoms with van der Waals surface area (Å²) < 4.78 is 51.0. The molecule has 1 saturated heterocycles. The maximum absolute atomic E-state index is 14.6. The molecule has 1 amide bonds. The van der Waals surface area contributed by atoms with Gasteiger partial charge in [0.05, 0.1) is 28.8 Å². The van der Waals surface area contributed by atoms with E-state index in [1.165, 1.54) is 6.07 Å². The maximum atomic E-state index is 14.6. The van der Waals surface area contributed by atoms with Crippen LogP contribution in [0.5, 0.6) is 0 Å². The van der Waals surface area contributed by atoms with Crippen molar-refractivity contribution in [3.8, 4) is 0 Å². The number of aromatic nitrogens is 2. The van der Waals surface area contributed by atoms with Gasteiger partial charge in [-0.25, -0.2) is 9.37 Å². The third kappa shape index (κ3) is 2.89. The number of carbonyl (C=O) groups is 1. The Kier molecular flexibility index (Phi) is 4.52. The Morgan fingerprint density at radius 2 is 1.97 bits per heavy atom. The zero-order valence-electron chi connectivity index (χ0n) is 15.7. The molecule has 0 bridgehead atoms. The third-order valence-electron chi connectivity index (χ3n) is 5.69. The largest absolute Gasteiger partial charge is 0.381 e. The highest BCUT2D eigenvalue weighted by Crippen LogP contribution is 2.46. The molecule has 0 atom stereocenters. The molecule has 0 saturated carbocycles. The minimum atomic E-state index is -3.78. The molecule has 0 unspecified atom stereocenters. The lowest BCUT2D eigenvalue weighted by atomic mass is 10.1. The SMILES string of the molecule is O=C1N(Cc2nc3cc(Cl)ccc3n2C2CCOCC2)c2c(F)cccc2C1(F)F. The van der Waals surface area contributed by atoms with E-state index in [0.29, 0.717) is 29.6 Å². The predicted octanol–water partition coefficient (Wildman–Crippen LogP) is 4.82. The van der Waals surface area contributed by atoms with Crippen LogP contribution >= 0.6 is 11.6 Å². The van der Waals surface area contributed by atoms with Gasteiger partial charge in [-0.1, -0.05) is 23.7 Å². The second-order valence-corrected chi connectivity index (χ2v) is 7.91. The van der Waals surface area contributed by atoms with Crippen LogP contribution < -0.4 is 4.90 Å². The molecule has 3 aromatic rings. The van der Waals surface area contributed by atoms with Gasteiger partial charge in [0.25, 0.3) is 0 Å². The fourth-order valence-corrected chi connectivity index (χ4v) is 4.47. The second-order valence-electron chi connectivity index (χ2n) is 7.48. The van der Waals surface area contributed by atoms with Gasteiger partial charge in [-0.05, 0) is 37.1 Å². The Balaban J connectivity index is 1.63. The second kappa shape index (κ2) is 6.99. The Bertz CT molecular complexity index is 1160. The van der Waals surface area contributed by atoms with Crippen LogP contribution in [0.15, 0.2) is 36.4 Å². The highest BCUT2D eigenvalue weighted by Gasteiger charge is 2.54. The van der Waals surface area contributed by atoms with E-state index in [4.69, 9.17) is 16.3 Å². The number of para-hydroxylation sites is 1. The van der Waals surface area contributed by atoms with Gasteiger partial charge in [-0.15, -0.1) is 0 Å². The number of amides is 1. The Labute approximate surface area is 175 Å². The fraction of sp³-hybridized carbons (Fsp3) is 0.333. The first-order valence-corrected chi connectivity index (χ1v) is 9.98. The van der Waals surface area contributed by atoms with Crippen LogP contribution in [0.3, 0.4) is 0 Å². The van der Waals surface area contributed by atoms with Crippen molar-refractivity contribution < 1.29 is 22.7 Å². The van der Waals surface area contributed by atoms with Crippen molar-refractivity contribution in [3.05, 3.63) is 58.6 Å². The number of anilines is 1. The summed E-state index contributed by atoms with van der Waals surface area (Å²) in [6, 6.07) is 8.59. The third-order valence-corrected chi connectivity index (χ3v) is 5.92. The number of benzene rings is 2. The number of nitrogens with zero attached hydrogens (tertiary/aromatic N) is 3. The summed E-state index contributed by atoms with van der Waals surface area (Å²) >= 11 is 6.10. The van der Waals surface area contributed by atoms with Gasteiger partial charge in [0.2, 0.25) is 0 Å². The summed E-state index contributed by atoms with van der Waals surface area (Å²) in [6.45, 7) is 0.858. The number of halogens is 4. The Morgan fingerprint density at radius 3 is 2.73 bits per heavy atom. The van der Waals surface area contributed by atoms with Gasteiger partial charge in [-0.2, -0.15) is 8.78 Å². The molecule has 1 aromatic heterocycles. The van der Waals surface area contributed by atoms with E-state index in [2.05, 4.69) is 4.98 Å². The van der Waals surface area contributed by atoms with Crippen LogP contribution in [0.25, 0.3) is 11.0 Å². The van der Waals surface area contributed by atoms with Crippen molar-refractivity contribution in [2.45, 2.75) is 31.4 Å². The number of rotatable bonds is 3. The number of hydrogen-bond donors (Lipinski definition) is 0. The molecule has 3 heterocycles. The summed E-state index contributed by atoms with van der Waals surface area (Å²) in [4.78, 5) is 17.9. The van der Waals surface area contributed by atoms with Crippen molar-refractivity contribution in [3.63, 3.8) is 0 Å². The Hall–Kier alpha value is -2.58. The quantitative estimate of drug-likeness (QED) is 0.592. The van der Waals surface area contributed by atoms with Gasteiger partial charge in [0, 0.05) is 24.3 Å².